The number of ketones is 1. The molecule has 0 aromatic heterocycles. The molecule has 0 unspecified atom stereocenters. The fourth-order valence-electron chi connectivity index (χ4n) is 3.84. The Morgan fingerprint density at radius 2 is 1.00 bits per heavy atom. The lowest BCUT2D eigenvalue weighted by Crippen LogP contribution is -2.00. The second kappa shape index (κ2) is 7.95. The van der Waals surface area contributed by atoms with Gasteiger partial charge in [0.25, 0.3) is 0 Å². The summed E-state index contributed by atoms with van der Waals surface area (Å²) in [6.07, 6.45) is 0. The van der Waals surface area contributed by atoms with Crippen LogP contribution in [0.25, 0.3) is 11.1 Å². The third-order valence-corrected chi connectivity index (χ3v) is 5.26. The highest BCUT2D eigenvalue weighted by molar-refractivity contribution is 6.41. The Balaban J connectivity index is 1.99. The van der Waals surface area contributed by atoms with Crippen LogP contribution in [0, 0.1) is 0 Å². The molecule has 0 fully saturated rings. The first kappa shape index (κ1) is 19.6. The molecule has 0 atom stereocenters. The van der Waals surface area contributed by atoms with E-state index in [2.05, 4.69) is 0 Å². The number of carbonyl (C=O) groups excluding carboxylic acids is 1. The summed E-state index contributed by atoms with van der Waals surface area (Å²) in [6.45, 7) is 0. The molecule has 152 valence electrons. The molecule has 5 heteroatoms. The van der Waals surface area contributed by atoms with Crippen LogP contribution in [-0.2, 0) is 0 Å². The first-order chi connectivity index (χ1) is 14.6. The summed E-state index contributed by atoms with van der Waals surface area (Å²) in [6, 6.07) is 18.8. The standard InChI is InChI=1S/C25H22O5/c1-27-19-11-9-15(13-21(19)29-3)23-17-7-5-6-8-18(17)25(26)24(23)16-10-12-20(28-2)22(14-16)30-4/h5-14H,1-4H3. The fraction of sp³-hybridized carbons (Fsp3) is 0.160. The van der Waals surface area contributed by atoms with E-state index in [4.69, 9.17) is 18.9 Å². The highest BCUT2D eigenvalue weighted by atomic mass is 16.5. The second-order valence-corrected chi connectivity index (χ2v) is 6.76. The first-order valence-electron chi connectivity index (χ1n) is 9.46. The minimum absolute atomic E-state index is 0.0254. The minimum Gasteiger partial charge on any atom is -0.493 e. The summed E-state index contributed by atoms with van der Waals surface area (Å²) in [4.78, 5) is 13.4. The van der Waals surface area contributed by atoms with Crippen molar-refractivity contribution in [2.45, 2.75) is 0 Å². The van der Waals surface area contributed by atoms with Crippen molar-refractivity contribution in [2.75, 3.05) is 28.4 Å². The van der Waals surface area contributed by atoms with E-state index in [1.54, 1.807) is 28.4 Å². The Kier molecular flexibility index (Phi) is 5.19. The maximum atomic E-state index is 13.4. The molecule has 0 saturated heterocycles. The maximum absolute atomic E-state index is 13.4. The van der Waals surface area contributed by atoms with Gasteiger partial charge >= 0.3 is 0 Å². The molecule has 0 radical (unpaired) electrons. The lowest BCUT2D eigenvalue weighted by Gasteiger charge is -2.14. The van der Waals surface area contributed by atoms with Gasteiger partial charge in [0.05, 0.1) is 28.4 Å². The van der Waals surface area contributed by atoms with Crippen LogP contribution in [0.1, 0.15) is 27.0 Å². The number of benzene rings is 3. The van der Waals surface area contributed by atoms with E-state index in [9.17, 15) is 4.79 Å². The smallest absolute Gasteiger partial charge is 0.194 e. The third-order valence-electron chi connectivity index (χ3n) is 5.26. The minimum atomic E-state index is -0.0254. The van der Waals surface area contributed by atoms with Crippen LogP contribution in [0.3, 0.4) is 0 Å². The zero-order chi connectivity index (χ0) is 21.3. The normalized spacial score (nSPS) is 12.6. The molecule has 30 heavy (non-hydrogen) atoms. The molecular weight excluding hydrogens is 380 g/mol. The number of rotatable bonds is 6. The Morgan fingerprint density at radius 1 is 0.533 bits per heavy atom. The molecule has 0 saturated carbocycles. The molecule has 0 N–H and O–H groups in total. The van der Waals surface area contributed by atoms with Gasteiger partial charge in [-0.2, -0.15) is 0 Å². The third kappa shape index (κ3) is 3.08. The van der Waals surface area contributed by atoms with Crippen LogP contribution >= 0.6 is 0 Å². The van der Waals surface area contributed by atoms with Gasteiger partial charge < -0.3 is 18.9 Å². The van der Waals surface area contributed by atoms with E-state index in [-0.39, 0.29) is 5.78 Å². The van der Waals surface area contributed by atoms with E-state index in [0.717, 1.165) is 22.3 Å². The predicted octanol–water partition coefficient (Wildman–Crippen LogP) is 4.88. The van der Waals surface area contributed by atoms with Crippen LogP contribution < -0.4 is 18.9 Å². The Labute approximate surface area is 175 Å². The van der Waals surface area contributed by atoms with Crippen LogP contribution in [0.15, 0.2) is 60.7 Å². The number of allylic oxidation sites excluding steroid dienone is 1. The van der Waals surface area contributed by atoms with E-state index < -0.39 is 0 Å². The van der Waals surface area contributed by atoms with E-state index in [1.807, 2.05) is 60.7 Å². The molecular formula is C25H22O5. The maximum Gasteiger partial charge on any atom is 0.194 e. The molecule has 0 spiro atoms. The van der Waals surface area contributed by atoms with Crippen LogP contribution in [-0.4, -0.2) is 34.2 Å². The quantitative estimate of drug-likeness (QED) is 0.588. The van der Waals surface area contributed by atoms with Crippen LogP contribution in [0.2, 0.25) is 0 Å². The fourth-order valence-corrected chi connectivity index (χ4v) is 3.84. The van der Waals surface area contributed by atoms with Crippen molar-refractivity contribution < 1.29 is 23.7 Å². The topological polar surface area (TPSA) is 54.0 Å². The molecule has 0 aliphatic heterocycles. The van der Waals surface area contributed by atoms with Gasteiger partial charge in [0.1, 0.15) is 0 Å². The molecule has 1 aliphatic rings. The molecule has 0 heterocycles. The van der Waals surface area contributed by atoms with Crippen molar-refractivity contribution in [3.05, 3.63) is 82.9 Å². The Bertz CT molecular complexity index is 1160. The van der Waals surface area contributed by atoms with Gasteiger partial charge in [-0.3, -0.25) is 4.79 Å². The number of carbonyl (C=O) groups is 1. The SMILES string of the molecule is COc1ccc(C2=C(c3ccc(OC)c(OC)c3)c3ccccc3C2=O)cc1OC. The number of Topliss-reactive ketones (excluding diaryl/α,β-unsaturated/α-hetero) is 1. The summed E-state index contributed by atoms with van der Waals surface area (Å²) in [5.74, 6) is 2.39. The molecule has 5 nitrogen and oxygen atoms in total. The van der Waals surface area contributed by atoms with E-state index in [1.165, 1.54) is 0 Å². The van der Waals surface area contributed by atoms with Gasteiger partial charge in [0, 0.05) is 16.7 Å². The molecule has 3 aromatic rings. The van der Waals surface area contributed by atoms with Gasteiger partial charge in [-0.25, -0.2) is 0 Å². The van der Waals surface area contributed by atoms with Crippen molar-refractivity contribution >= 4 is 16.9 Å². The molecule has 3 aromatic carbocycles. The van der Waals surface area contributed by atoms with Crippen molar-refractivity contribution in [3.8, 4) is 23.0 Å². The van der Waals surface area contributed by atoms with Crippen molar-refractivity contribution in [3.63, 3.8) is 0 Å². The van der Waals surface area contributed by atoms with Crippen LogP contribution in [0.5, 0.6) is 23.0 Å². The summed E-state index contributed by atoms with van der Waals surface area (Å²) in [5, 5.41) is 0. The monoisotopic (exact) mass is 402 g/mol. The Hall–Kier alpha value is -3.73. The molecule has 4 rings (SSSR count). The number of ether oxygens (including phenoxy) is 4. The lowest BCUT2D eigenvalue weighted by molar-refractivity contribution is 0.105. The zero-order valence-electron chi connectivity index (χ0n) is 17.3. The summed E-state index contributed by atoms with van der Waals surface area (Å²) in [5.41, 5.74) is 4.66. The van der Waals surface area contributed by atoms with Crippen molar-refractivity contribution in [1.29, 1.82) is 0 Å². The second-order valence-electron chi connectivity index (χ2n) is 6.76. The largest absolute Gasteiger partial charge is 0.493 e. The number of methoxy groups -OCH3 is 4. The lowest BCUT2D eigenvalue weighted by atomic mass is 9.93. The van der Waals surface area contributed by atoms with Gasteiger partial charge in [-0.15, -0.1) is 0 Å². The summed E-state index contributed by atoms with van der Waals surface area (Å²) in [7, 11) is 6.36. The highest BCUT2D eigenvalue weighted by Gasteiger charge is 2.32. The first-order valence-corrected chi connectivity index (χ1v) is 9.46. The molecule has 0 bridgehead atoms. The van der Waals surface area contributed by atoms with Gasteiger partial charge in [-0.1, -0.05) is 36.4 Å². The van der Waals surface area contributed by atoms with Gasteiger partial charge in [-0.05, 0) is 41.0 Å². The van der Waals surface area contributed by atoms with Crippen molar-refractivity contribution in [1.82, 2.24) is 0 Å². The zero-order valence-corrected chi connectivity index (χ0v) is 17.3. The molecule has 0 amide bonds. The highest BCUT2D eigenvalue weighted by Crippen LogP contribution is 2.45. The number of fused-ring (bicyclic) bond motifs is 1. The molecule has 1 aliphatic carbocycles. The van der Waals surface area contributed by atoms with Crippen LogP contribution in [0.4, 0.5) is 0 Å². The Morgan fingerprint density at radius 3 is 1.50 bits per heavy atom. The predicted molar refractivity (Wildman–Crippen MR) is 116 cm³/mol. The average Bonchev–Trinajstić information content (AvgIpc) is 3.10. The summed E-state index contributed by atoms with van der Waals surface area (Å²) >= 11 is 0. The summed E-state index contributed by atoms with van der Waals surface area (Å²) < 4.78 is 21.7. The van der Waals surface area contributed by atoms with Crippen molar-refractivity contribution in [2.24, 2.45) is 0 Å². The number of hydrogen-bond donors (Lipinski definition) is 0. The number of hydrogen-bond acceptors (Lipinski definition) is 5. The van der Waals surface area contributed by atoms with E-state index >= 15 is 0 Å². The van der Waals surface area contributed by atoms with Gasteiger partial charge in [0.2, 0.25) is 0 Å². The van der Waals surface area contributed by atoms with E-state index in [0.29, 0.717) is 34.1 Å². The van der Waals surface area contributed by atoms with Gasteiger partial charge in [0.15, 0.2) is 28.8 Å². The average molecular weight is 402 g/mol.